The Labute approximate surface area is 165 Å². The van der Waals surface area contributed by atoms with E-state index >= 15 is 0 Å². The standard InChI is InChI=1S/C20H24N2O5S/c1-13(2)19(20(23)21-16-7-5-4-6-14(16)3)22-28(24,25)15-8-9-17-18(12-15)27-11-10-26-17/h4-9,12-13,19,22H,10-11H2,1-3H3,(H,21,23). The molecule has 28 heavy (non-hydrogen) atoms. The van der Waals surface area contributed by atoms with Gasteiger partial charge in [-0.1, -0.05) is 32.0 Å². The summed E-state index contributed by atoms with van der Waals surface area (Å²) >= 11 is 0. The summed E-state index contributed by atoms with van der Waals surface area (Å²) < 4.78 is 39.1. The minimum Gasteiger partial charge on any atom is -0.486 e. The van der Waals surface area contributed by atoms with Crippen molar-refractivity contribution < 1.29 is 22.7 Å². The third kappa shape index (κ3) is 4.45. The number of benzene rings is 2. The Morgan fingerprint density at radius 1 is 1.04 bits per heavy atom. The first-order chi connectivity index (χ1) is 13.3. The topological polar surface area (TPSA) is 93.7 Å². The van der Waals surface area contributed by atoms with Crippen LogP contribution in [0.1, 0.15) is 19.4 Å². The van der Waals surface area contributed by atoms with E-state index in [0.29, 0.717) is 30.4 Å². The molecule has 0 spiro atoms. The molecule has 8 heteroatoms. The Hall–Kier alpha value is -2.58. The lowest BCUT2D eigenvalue weighted by Gasteiger charge is -2.23. The van der Waals surface area contributed by atoms with Gasteiger partial charge in [-0.3, -0.25) is 4.79 Å². The fourth-order valence-corrected chi connectivity index (χ4v) is 4.20. The molecule has 1 unspecified atom stereocenters. The first-order valence-corrected chi connectivity index (χ1v) is 10.5. The van der Waals surface area contributed by atoms with E-state index < -0.39 is 22.0 Å². The number of aryl methyl sites for hydroxylation is 1. The van der Waals surface area contributed by atoms with Gasteiger partial charge >= 0.3 is 0 Å². The third-order valence-electron chi connectivity index (χ3n) is 4.46. The Balaban J connectivity index is 1.81. The number of nitrogens with one attached hydrogen (secondary N) is 2. The van der Waals surface area contributed by atoms with Crippen molar-refractivity contribution in [1.82, 2.24) is 4.72 Å². The van der Waals surface area contributed by atoms with Crippen LogP contribution in [0.25, 0.3) is 0 Å². The van der Waals surface area contributed by atoms with Crippen molar-refractivity contribution >= 4 is 21.6 Å². The van der Waals surface area contributed by atoms with E-state index in [0.717, 1.165) is 5.56 Å². The predicted octanol–water partition coefficient (Wildman–Crippen LogP) is 2.71. The van der Waals surface area contributed by atoms with Gasteiger partial charge in [0.2, 0.25) is 15.9 Å². The smallest absolute Gasteiger partial charge is 0.242 e. The quantitative estimate of drug-likeness (QED) is 0.772. The van der Waals surface area contributed by atoms with Gasteiger partial charge in [-0.2, -0.15) is 4.72 Å². The average molecular weight is 404 g/mol. The van der Waals surface area contributed by atoms with Crippen LogP contribution in [-0.4, -0.2) is 33.6 Å². The molecule has 1 amide bonds. The van der Waals surface area contributed by atoms with Crippen LogP contribution in [0.3, 0.4) is 0 Å². The molecule has 2 aromatic carbocycles. The molecule has 0 bridgehead atoms. The van der Waals surface area contributed by atoms with Gasteiger partial charge in [0.15, 0.2) is 11.5 Å². The first-order valence-electron chi connectivity index (χ1n) is 9.06. The number of amides is 1. The fraction of sp³-hybridized carbons (Fsp3) is 0.350. The molecule has 1 aliphatic heterocycles. The number of hydrogen-bond acceptors (Lipinski definition) is 5. The molecular formula is C20H24N2O5S. The van der Waals surface area contributed by atoms with Gasteiger partial charge in [-0.25, -0.2) is 8.42 Å². The third-order valence-corrected chi connectivity index (χ3v) is 5.90. The maximum Gasteiger partial charge on any atom is 0.242 e. The van der Waals surface area contributed by atoms with Gasteiger partial charge < -0.3 is 14.8 Å². The lowest BCUT2D eigenvalue weighted by atomic mass is 10.0. The monoisotopic (exact) mass is 404 g/mol. The minimum absolute atomic E-state index is 0.0195. The molecule has 0 saturated carbocycles. The Kier molecular flexibility index (Phi) is 5.90. The van der Waals surface area contributed by atoms with Crippen molar-refractivity contribution in [2.24, 2.45) is 5.92 Å². The molecule has 3 rings (SSSR count). The summed E-state index contributed by atoms with van der Waals surface area (Å²) in [6, 6.07) is 10.8. The van der Waals surface area contributed by atoms with Crippen LogP contribution in [0.5, 0.6) is 11.5 Å². The van der Waals surface area contributed by atoms with E-state index in [1.54, 1.807) is 26.0 Å². The van der Waals surface area contributed by atoms with Gasteiger partial charge in [0.25, 0.3) is 0 Å². The maximum absolute atomic E-state index is 12.9. The maximum atomic E-state index is 12.9. The number of fused-ring (bicyclic) bond motifs is 1. The normalized spacial score (nSPS) is 14.6. The molecule has 1 atom stereocenters. The lowest BCUT2D eigenvalue weighted by Crippen LogP contribution is -2.47. The van der Waals surface area contributed by atoms with E-state index in [9.17, 15) is 13.2 Å². The number of ether oxygens (including phenoxy) is 2. The summed E-state index contributed by atoms with van der Waals surface area (Å²) in [5.41, 5.74) is 1.55. The largest absolute Gasteiger partial charge is 0.486 e. The van der Waals surface area contributed by atoms with Crippen LogP contribution in [0.2, 0.25) is 0 Å². The highest BCUT2D eigenvalue weighted by molar-refractivity contribution is 7.89. The van der Waals surface area contributed by atoms with Gasteiger partial charge in [0.1, 0.15) is 19.3 Å². The van der Waals surface area contributed by atoms with E-state index in [-0.39, 0.29) is 10.8 Å². The lowest BCUT2D eigenvalue weighted by molar-refractivity contribution is -0.118. The molecular weight excluding hydrogens is 380 g/mol. The molecule has 0 aliphatic carbocycles. The SMILES string of the molecule is Cc1ccccc1NC(=O)C(NS(=O)(=O)c1ccc2c(c1)OCCO2)C(C)C. The highest BCUT2D eigenvalue weighted by Crippen LogP contribution is 2.32. The molecule has 150 valence electrons. The van der Waals surface area contributed by atoms with Gasteiger partial charge in [0, 0.05) is 11.8 Å². The molecule has 0 saturated heterocycles. The molecule has 0 radical (unpaired) electrons. The predicted molar refractivity (Wildman–Crippen MR) is 106 cm³/mol. The highest BCUT2D eigenvalue weighted by atomic mass is 32.2. The number of rotatable bonds is 6. The molecule has 0 fully saturated rings. The van der Waals surface area contributed by atoms with Crippen molar-refractivity contribution in [2.75, 3.05) is 18.5 Å². The Morgan fingerprint density at radius 3 is 2.39 bits per heavy atom. The van der Waals surface area contributed by atoms with Crippen LogP contribution in [-0.2, 0) is 14.8 Å². The zero-order valence-electron chi connectivity index (χ0n) is 16.1. The second-order valence-corrected chi connectivity index (χ2v) is 8.67. The van der Waals surface area contributed by atoms with Gasteiger partial charge in [-0.05, 0) is 36.6 Å². The van der Waals surface area contributed by atoms with Crippen LogP contribution < -0.4 is 19.5 Å². The Bertz CT molecular complexity index is 972. The molecule has 0 aromatic heterocycles. The summed E-state index contributed by atoms with van der Waals surface area (Å²) in [7, 11) is -3.93. The molecule has 1 aliphatic rings. The molecule has 2 aromatic rings. The number of para-hydroxylation sites is 1. The van der Waals surface area contributed by atoms with Gasteiger partial charge in [-0.15, -0.1) is 0 Å². The summed E-state index contributed by atoms with van der Waals surface area (Å²) in [4.78, 5) is 12.8. The summed E-state index contributed by atoms with van der Waals surface area (Å²) in [6.07, 6.45) is 0. The van der Waals surface area contributed by atoms with E-state index in [2.05, 4.69) is 10.0 Å². The first kappa shape index (κ1) is 20.2. The minimum atomic E-state index is -3.93. The molecule has 7 nitrogen and oxygen atoms in total. The molecule has 2 N–H and O–H groups in total. The fourth-order valence-electron chi connectivity index (χ4n) is 2.84. The number of sulfonamides is 1. The second-order valence-electron chi connectivity index (χ2n) is 6.95. The van der Waals surface area contributed by atoms with Crippen LogP contribution in [0.4, 0.5) is 5.69 Å². The summed E-state index contributed by atoms with van der Waals surface area (Å²) in [5.74, 6) is 0.212. The van der Waals surface area contributed by atoms with E-state index in [1.807, 2.05) is 25.1 Å². The van der Waals surface area contributed by atoms with Crippen LogP contribution >= 0.6 is 0 Å². The average Bonchev–Trinajstić information content (AvgIpc) is 2.67. The number of anilines is 1. The molecule has 1 heterocycles. The van der Waals surface area contributed by atoms with Crippen molar-refractivity contribution in [1.29, 1.82) is 0 Å². The number of hydrogen-bond donors (Lipinski definition) is 2. The highest BCUT2D eigenvalue weighted by Gasteiger charge is 2.29. The van der Waals surface area contributed by atoms with Crippen LogP contribution in [0.15, 0.2) is 47.4 Å². The van der Waals surface area contributed by atoms with Gasteiger partial charge in [0.05, 0.1) is 4.90 Å². The van der Waals surface area contributed by atoms with E-state index in [1.165, 1.54) is 12.1 Å². The van der Waals surface area contributed by atoms with Crippen molar-refractivity contribution in [3.8, 4) is 11.5 Å². The number of carbonyl (C=O) groups is 1. The van der Waals surface area contributed by atoms with E-state index in [4.69, 9.17) is 9.47 Å². The zero-order chi connectivity index (χ0) is 20.3. The number of carbonyl (C=O) groups excluding carboxylic acids is 1. The summed E-state index contributed by atoms with van der Waals surface area (Å²) in [5, 5.41) is 2.81. The zero-order valence-corrected chi connectivity index (χ0v) is 16.9. The van der Waals surface area contributed by atoms with Crippen LogP contribution in [0, 0.1) is 12.8 Å². The van der Waals surface area contributed by atoms with Crippen molar-refractivity contribution in [3.63, 3.8) is 0 Å². The second kappa shape index (κ2) is 8.20. The van der Waals surface area contributed by atoms with Crippen molar-refractivity contribution in [3.05, 3.63) is 48.0 Å². The van der Waals surface area contributed by atoms with Crippen molar-refractivity contribution in [2.45, 2.75) is 31.7 Å². The summed E-state index contributed by atoms with van der Waals surface area (Å²) in [6.45, 7) is 6.23. The Morgan fingerprint density at radius 2 is 1.71 bits per heavy atom.